The Morgan fingerprint density at radius 2 is 1.76 bits per heavy atom. The van der Waals surface area contributed by atoms with Crippen molar-refractivity contribution in [2.45, 2.75) is 38.6 Å². The average Bonchev–Trinajstić information content (AvgIpc) is 3.31. The molecular formula is C22H24N2O. The maximum Gasteiger partial charge on any atom is 0.254 e. The molecule has 1 amide bonds. The standard InChI is InChI=1S/C22H24N2O/c1-15-13-16(17-8-10-21-18(14-17)11-12-23-21)7-9-20(15)22(25)24(2)19-5-3-4-6-19/h7-14,19,23H,3-6H2,1-2H3. The number of hydrogen-bond donors (Lipinski definition) is 1. The van der Waals surface area contributed by atoms with E-state index in [1.807, 2.05) is 31.1 Å². The molecule has 3 heteroatoms. The first-order valence-corrected chi connectivity index (χ1v) is 9.09. The van der Waals surface area contributed by atoms with Crippen LogP contribution in [0.15, 0.2) is 48.7 Å². The van der Waals surface area contributed by atoms with Crippen LogP contribution in [0.25, 0.3) is 22.0 Å². The molecule has 1 fully saturated rings. The third-order valence-corrected chi connectivity index (χ3v) is 5.54. The smallest absolute Gasteiger partial charge is 0.254 e. The summed E-state index contributed by atoms with van der Waals surface area (Å²) >= 11 is 0. The van der Waals surface area contributed by atoms with Crippen molar-refractivity contribution in [1.82, 2.24) is 9.88 Å². The van der Waals surface area contributed by atoms with Crippen molar-refractivity contribution >= 4 is 16.8 Å². The Hall–Kier alpha value is -2.55. The molecule has 3 aromatic rings. The van der Waals surface area contributed by atoms with E-state index < -0.39 is 0 Å². The van der Waals surface area contributed by atoms with Gasteiger partial charge >= 0.3 is 0 Å². The van der Waals surface area contributed by atoms with Crippen molar-refractivity contribution in [1.29, 1.82) is 0 Å². The summed E-state index contributed by atoms with van der Waals surface area (Å²) in [6.45, 7) is 2.04. The van der Waals surface area contributed by atoms with Gasteiger partial charge in [0.1, 0.15) is 0 Å². The van der Waals surface area contributed by atoms with Gasteiger partial charge in [0.2, 0.25) is 0 Å². The number of nitrogens with zero attached hydrogens (tertiary/aromatic N) is 1. The molecule has 0 saturated heterocycles. The number of aryl methyl sites for hydroxylation is 1. The summed E-state index contributed by atoms with van der Waals surface area (Å²) in [5.41, 5.74) is 5.34. The molecule has 128 valence electrons. The molecule has 3 nitrogen and oxygen atoms in total. The molecule has 25 heavy (non-hydrogen) atoms. The van der Waals surface area contributed by atoms with Gasteiger partial charge in [0, 0.05) is 30.4 Å². The lowest BCUT2D eigenvalue weighted by atomic mass is 9.98. The second kappa shape index (κ2) is 6.40. The van der Waals surface area contributed by atoms with Crippen molar-refractivity contribution < 1.29 is 4.79 Å². The molecule has 1 aliphatic rings. The molecule has 1 heterocycles. The first-order valence-electron chi connectivity index (χ1n) is 9.09. The molecule has 2 aromatic carbocycles. The minimum Gasteiger partial charge on any atom is -0.361 e. The van der Waals surface area contributed by atoms with E-state index in [0.29, 0.717) is 6.04 Å². The summed E-state index contributed by atoms with van der Waals surface area (Å²) in [5, 5.41) is 1.20. The minimum absolute atomic E-state index is 0.150. The molecule has 1 saturated carbocycles. The first kappa shape index (κ1) is 15.9. The zero-order valence-corrected chi connectivity index (χ0v) is 14.9. The highest BCUT2D eigenvalue weighted by atomic mass is 16.2. The van der Waals surface area contributed by atoms with Crippen LogP contribution in [0.2, 0.25) is 0 Å². The van der Waals surface area contributed by atoms with Gasteiger partial charge in [-0.05, 0) is 66.1 Å². The Balaban J connectivity index is 1.62. The first-order chi connectivity index (χ1) is 12.1. The molecule has 0 aliphatic heterocycles. The number of aromatic amines is 1. The highest BCUT2D eigenvalue weighted by Gasteiger charge is 2.25. The molecule has 1 N–H and O–H groups in total. The van der Waals surface area contributed by atoms with Crippen LogP contribution >= 0.6 is 0 Å². The summed E-state index contributed by atoms with van der Waals surface area (Å²) in [6.07, 6.45) is 6.70. The van der Waals surface area contributed by atoms with Gasteiger partial charge in [-0.1, -0.05) is 31.0 Å². The number of rotatable bonds is 3. The van der Waals surface area contributed by atoms with Gasteiger partial charge in [0.05, 0.1) is 0 Å². The van der Waals surface area contributed by atoms with Gasteiger partial charge in [0.25, 0.3) is 5.91 Å². The minimum atomic E-state index is 0.150. The quantitative estimate of drug-likeness (QED) is 0.707. The Morgan fingerprint density at radius 3 is 2.52 bits per heavy atom. The Morgan fingerprint density at radius 1 is 1.04 bits per heavy atom. The number of carbonyl (C=O) groups is 1. The molecule has 0 unspecified atom stereocenters. The second-order valence-corrected chi connectivity index (χ2v) is 7.16. The van der Waals surface area contributed by atoms with E-state index in [1.165, 1.54) is 23.8 Å². The van der Waals surface area contributed by atoms with Crippen molar-refractivity contribution in [3.63, 3.8) is 0 Å². The van der Waals surface area contributed by atoms with Gasteiger partial charge < -0.3 is 9.88 Å². The SMILES string of the molecule is Cc1cc(-c2ccc3[nH]ccc3c2)ccc1C(=O)N(C)C1CCCC1. The monoisotopic (exact) mass is 332 g/mol. The lowest BCUT2D eigenvalue weighted by Crippen LogP contribution is -2.35. The van der Waals surface area contributed by atoms with Crippen LogP contribution in [0, 0.1) is 6.92 Å². The van der Waals surface area contributed by atoms with E-state index in [0.717, 1.165) is 35.0 Å². The fourth-order valence-corrected chi connectivity index (χ4v) is 3.96. The Kier molecular flexibility index (Phi) is 4.08. The summed E-state index contributed by atoms with van der Waals surface area (Å²) in [5.74, 6) is 0.150. The van der Waals surface area contributed by atoms with Gasteiger partial charge in [-0.3, -0.25) is 4.79 Å². The zero-order valence-electron chi connectivity index (χ0n) is 14.9. The van der Waals surface area contributed by atoms with E-state index in [1.54, 1.807) is 0 Å². The van der Waals surface area contributed by atoms with Crippen LogP contribution in [0.5, 0.6) is 0 Å². The van der Waals surface area contributed by atoms with Crippen molar-refractivity contribution in [3.8, 4) is 11.1 Å². The van der Waals surface area contributed by atoms with Crippen LogP contribution < -0.4 is 0 Å². The Labute approximate surface area is 148 Å². The van der Waals surface area contributed by atoms with Crippen molar-refractivity contribution in [3.05, 3.63) is 59.8 Å². The average molecular weight is 332 g/mol. The molecule has 0 radical (unpaired) electrons. The zero-order chi connectivity index (χ0) is 17.4. The third-order valence-electron chi connectivity index (χ3n) is 5.54. The van der Waals surface area contributed by atoms with E-state index in [2.05, 4.69) is 41.4 Å². The van der Waals surface area contributed by atoms with Gasteiger partial charge in [-0.15, -0.1) is 0 Å². The van der Waals surface area contributed by atoms with Crippen LogP contribution in [0.1, 0.15) is 41.6 Å². The van der Waals surface area contributed by atoms with Crippen LogP contribution in [0.3, 0.4) is 0 Å². The lowest BCUT2D eigenvalue weighted by molar-refractivity contribution is 0.0734. The number of nitrogens with one attached hydrogen (secondary N) is 1. The Bertz CT molecular complexity index is 919. The molecule has 0 atom stereocenters. The maximum absolute atomic E-state index is 12.9. The predicted octanol–water partition coefficient (Wildman–Crippen LogP) is 5.16. The highest BCUT2D eigenvalue weighted by Crippen LogP contribution is 2.28. The second-order valence-electron chi connectivity index (χ2n) is 7.16. The third kappa shape index (κ3) is 2.95. The topological polar surface area (TPSA) is 36.1 Å². The largest absolute Gasteiger partial charge is 0.361 e. The molecule has 0 spiro atoms. The van der Waals surface area contributed by atoms with Gasteiger partial charge in [-0.25, -0.2) is 0 Å². The molecule has 4 rings (SSSR count). The normalized spacial score (nSPS) is 15.0. The highest BCUT2D eigenvalue weighted by molar-refractivity contribution is 5.96. The summed E-state index contributed by atoms with van der Waals surface area (Å²) in [4.78, 5) is 18.0. The number of carbonyl (C=O) groups excluding carboxylic acids is 1. The molecule has 1 aromatic heterocycles. The van der Waals surface area contributed by atoms with Crippen LogP contribution in [-0.2, 0) is 0 Å². The number of fused-ring (bicyclic) bond motifs is 1. The number of hydrogen-bond acceptors (Lipinski definition) is 1. The van der Waals surface area contributed by atoms with Crippen molar-refractivity contribution in [2.24, 2.45) is 0 Å². The lowest BCUT2D eigenvalue weighted by Gasteiger charge is -2.25. The number of amides is 1. The van der Waals surface area contributed by atoms with Gasteiger partial charge in [0.15, 0.2) is 0 Å². The predicted molar refractivity (Wildman–Crippen MR) is 103 cm³/mol. The summed E-state index contributed by atoms with van der Waals surface area (Å²) in [7, 11) is 1.95. The summed E-state index contributed by atoms with van der Waals surface area (Å²) < 4.78 is 0. The van der Waals surface area contributed by atoms with E-state index in [9.17, 15) is 4.79 Å². The maximum atomic E-state index is 12.9. The van der Waals surface area contributed by atoms with Crippen molar-refractivity contribution in [2.75, 3.05) is 7.05 Å². The number of benzene rings is 2. The number of H-pyrrole nitrogens is 1. The fraction of sp³-hybridized carbons (Fsp3) is 0.318. The molecule has 1 aliphatic carbocycles. The molecule has 0 bridgehead atoms. The van der Waals surface area contributed by atoms with Crippen LogP contribution in [-0.4, -0.2) is 28.9 Å². The summed E-state index contributed by atoms with van der Waals surface area (Å²) in [6, 6.07) is 15.1. The van der Waals surface area contributed by atoms with E-state index >= 15 is 0 Å². The van der Waals surface area contributed by atoms with Gasteiger partial charge in [-0.2, -0.15) is 0 Å². The fourth-order valence-electron chi connectivity index (χ4n) is 3.96. The van der Waals surface area contributed by atoms with E-state index in [4.69, 9.17) is 0 Å². The van der Waals surface area contributed by atoms with Crippen LogP contribution in [0.4, 0.5) is 0 Å². The number of aromatic nitrogens is 1. The van der Waals surface area contributed by atoms with E-state index in [-0.39, 0.29) is 5.91 Å². The molecular weight excluding hydrogens is 308 g/mol.